The third-order valence-electron chi connectivity index (χ3n) is 6.61. The smallest absolute Gasteiger partial charge is 0.407 e. The Labute approximate surface area is 197 Å². The molecule has 0 unspecified atom stereocenters. The maximum Gasteiger partial charge on any atom is 0.407 e. The topological polar surface area (TPSA) is 116 Å². The number of nitrogens with one attached hydrogen (secondary N) is 1. The van der Waals surface area contributed by atoms with Gasteiger partial charge in [0.15, 0.2) is 5.60 Å². The number of carboxylic acid groups (broad SMARTS) is 1. The van der Waals surface area contributed by atoms with E-state index in [1.165, 1.54) is 4.90 Å². The molecule has 2 aromatic rings. The Hall–Kier alpha value is -3.65. The van der Waals surface area contributed by atoms with Crippen molar-refractivity contribution < 1.29 is 29.3 Å². The number of piperidine rings is 1. The van der Waals surface area contributed by atoms with Gasteiger partial charge in [-0.1, -0.05) is 54.6 Å². The summed E-state index contributed by atoms with van der Waals surface area (Å²) in [5.41, 5.74) is 3.23. The average Bonchev–Trinajstić information content (AvgIpc) is 3.16. The molecule has 2 aromatic carbocycles. The summed E-state index contributed by atoms with van der Waals surface area (Å²) in [7, 11) is 0. The van der Waals surface area contributed by atoms with Gasteiger partial charge in [-0.05, 0) is 29.2 Å². The summed E-state index contributed by atoms with van der Waals surface area (Å²) in [5, 5.41) is 21.8. The summed E-state index contributed by atoms with van der Waals surface area (Å²) in [4.78, 5) is 37.5. The molecule has 1 aliphatic carbocycles. The number of ether oxygens (including phenoxy) is 1. The first-order valence-electron chi connectivity index (χ1n) is 11.3. The number of hydrogen-bond acceptors (Lipinski definition) is 5. The van der Waals surface area contributed by atoms with Gasteiger partial charge in [-0.15, -0.1) is 0 Å². The van der Waals surface area contributed by atoms with Crippen molar-refractivity contribution in [2.24, 2.45) is 0 Å². The van der Waals surface area contributed by atoms with E-state index < -0.39 is 17.7 Å². The molecule has 1 saturated heterocycles. The summed E-state index contributed by atoms with van der Waals surface area (Å²) in [5.74, 6) is -1.54. The van der Waals surface area contributed by atoms with E-state index in [0.29, 0.717) is 5.57 Å². The van der Waals surface area contributed by atoms with Gasteiger partial charge < -0.3 is 25.2 Å². The third-order valence-corrected chi connectivity index (χ3v) is 6.61. The van der Waals surface area contributed by atoms with Crippen LogP contribution in [0.5, 0.6) is 0 Å². The highest BCUT2D eigenvalue weighted by molar-refractivity contribution is 5.93. The summed E-state index contributed by atoms with van der Waals surface area (Å²) in [6.07, 6.45) is 1.00. The minimum Gasteiger partial charge on any atom is -0.479 e. The first kappa shape index (κ1) is 23.5. The zero-order chi connectivity index (χ0) is 24.3. The minimum absolute atomic E-state index is 0.0145. The third kappa shape index (κ3) is 4.68. The van der Waals surface area contributed by atoms with E-state index in [2.05, 4.69) is 29.6 Å². The molecule has 0 atom stereocenters. The normalized spacial score (nSPS) is 17.0. The van der Waals surface area contributed by atoms with Crippen molar-refractivity contribution in [1.29, 1.82) is 0 Å². The fraction of sp³-hybridized carbons (Fsp3) is 0.346. The van der Waals surface area contributed by atoms with Crippen LogP contribution in [0.4, 0.5) is 4.79 Å². The number of rotatable bonds is 6. The monoisotopic (exact) mass is 464 g/mol. The lowest BCUT2D eigenvalue weighted by Crippen LogP contribution is -2.51. The largest absolute Gasteiger partial charge is 0.479 e. The predicted molar refractivity (Wildman–Crippen MR) is 125 cm³/mol. The van der Waals surface area contributed by atoms with E-state index in [-0.39, 0.29) is 50.9 Å². The van der Waals surface area contributed by atoms with Gasteiger partial charge in [-0.25, -0.2) is 9.59 Å². The Morgan fingerprint density at radius 1 is 1.06 bits per heavy atom. The number of benzene rings is 2. The van der Waals surface area contributed by atoms with Gasteiger partial charge in [-0.2, -0.15) is 0 Å². The zero-order valence-electron chi connectivity index (χ0n) is 19.0. The molecule has 0 radical (unpaired) electrons. The van der Waals surface area contributed by atoms with Crippen LogP contribution >= 0.6 is 0 Å². The van der Waals surface area contributed by atoms with Crippen molar-refractivity contribution in [3.8, 4) is 11.1 Å². The summed E-state index contributed by atoms with van der Waals surface area (Å²) < 4.78 is 5.49. The number of amides is 2. The van der Waals surface area contributed by atoms with Crippen LogP contribution < -0.4 is 5.32 Å². The lowest BCUT2D eigenvalue weighted by molar-refractivity contribution is -0.164. The fourth-order valence-electron chi connectivity index (χ4n) is 4.57. The van der Waals surface area contributed by atoms with Crippen LogP contribution in [-0.2, 0) is 14.3 Å². The molecule has 1 fully saturated rings. The van der Waals surface area contributed by atoms with Crippen molar-refractivity contribution in [3.05, 3.63) is 71.3 Å². The van der Waals surface area contributed by atoms with Crippen molar-refractivity contribution in [2.45, 2.75) is 31.3 Å². The van der Waals surface area contributed by atoms with Crippen LogP contribution in [-0.4, -0.2) is 64.9 Å². The van der Waals surface area contributed by atoms with Gasteiger partial charge in [0.05, 0.1) is 0 Å². The SMILES string of the molecule is C/C(=C\CNC(=O)OCC1c2ccccc2-c2ccccc21)C(=O)N1CCC(O)(C(=O)O)CC1. The van der Waals surface area contributed by atoms with Gasteiger partial charge in [0.1, 0.15) is 6.61 Å². The van der Waals surface area contributed by atoms with Crippen molar-refractivity contribution in [1.82, 2.24) is 10.2 Å². The summed E-state index contributed by atoms with van der Waals surface area (Å²) in [6, 6.07) is 16.2. The van der Waals surface area contributed by atoms with Crippen molar-refractivity contribution in [2.75, 3.05) is 26.2 Å². The predicted octanol–water partition coefficient (Wildman–Crippen LogP) is 2.91. The maximum absolute atomic E-state index is 12.6. The highest BCUT2D eigenvalue weighted by Crippen LogP contribution is 2.44. The molecule has 8 nitrogen and oxygen atoms in total. The number of nitrogens with zero attached hydrogens (tertiary/aromatic N) is 1. The highest BCUT2D eigenvalue weighted by atomic mass is 16.5. The van der Waals surface area contributed by atoms with E-state index in [1.54, 1.807) is 13.0 Å². The van der Waals surface area contributed by atoms with Crippen molar-refractivity contribution >= 4 is 18.0 Å². The second-order valence-corrected chi connectivity index (χ2v) is 8.72. The highest BCUT2D eigenvalue weighted by Gasteiger charge is 2.40. The molecule has 2 aliphatic rings. The van der Waals surface area contributed by atoms with Gasteiger partial charge in [-0.3, -0.25) is 4.79 Å². The van der Waals surface area contributed by atoms with E-state index in [9.17, 15) is 19.5 Å². The van der Waals surface area contributed by atoms with Crippen LogP contribution in [0.1, 0.15) is 36.8 Å². The molecule has 0 bridgehead atoms. The Bertz CT molecular complexity index is 1090. The molecule has 3 N–H and O–H groups in total. The van der Waals surface area contributed by atoms with Crippen LogP contribution in [0.3, 0.4) is 0 Å². The Kier molecular flexibility index (Phi) is 6.70. The number of likely N-dealkylation sites (tertiary alicyclic amines) is 1. The van der Waals surface area contributed by atoms with E-state index >= 15 is 0 Å². The van der Waals surface area contributed by atoms with E-state index in [4.69, 9.17) is 9.84 Å². The quantitative estimate of drug-likeness (QED) is 0.566. The van der Waals surface area contributed by atoms with Gasteiger partial charge in [0.25, 0.3) is 0 Å². The number of fused-ring (bicyclic) bond motifs is 3. The van der Waals surface area contributed by atoms with Crippen LogP contribution in [0.25, 0.3) is 11.1 Å². The van der Waals surface area contributed by atoms with Crippen molar-refractivity contribution in [3.63, 3.8) is 0 Å². The Morgan fingerprint density at radius 2 is 1.62 bits per heavy atom. The van der Waals surface area contributed by atoms with E-state index in [1.807, 2.05) is 24.3 Å². The number of alkyl carbamates (subject to hydrolysis) is 1. The molecule has 0 aromatic heterocycles. The average molecular weight is 465 g/mol. The maximum atomic E-state index is 12.6. The summed E-state index contributed by atoms with van der Waals surface area (Å²) >= 11 is 0. The standard InChI is InChI=1S/C26H28N2O6/c1-17(23(29)28-14-11-26(33,12-15-28)24(30)31)10-13-27-25(32)34-16-22-20-8-4-2-6-18(20)19-7-3-5-9-21(19)22/h2-10,22,33H,11-16H2,1H3,(H,27,32)(H,30,31)/b17-10+. The molecule has 4 rings (SSSR count). The van der Waals surface area contributed by atoms with Gasteiger partial charge >= 0.3 is 12.1 Å². The first-order chi connectivity index (χ1) is 16.3. The number of aliphatic hydroxyl groups is 1. The molecule has 0 spiro atoms. The molecule has 1 aliphatic heterocycles. The molecule has 8 heteroatoms. The van der Waals surface area contributed by atoms with E-state index in [0.717, 1.165) is 22.3 Å². The molecule has 2 amide bonds. The Morgan fingerprint density at radius 3 is 2.18 bits per heavy atom. The van der Waals surface area contributed by atoms with Gasteiger partial charge in [0, 0.05) is 44.0 Å². The molecular formula is C26H28N2O6. The number of carbonyl (C=O) groups excluding carboxylic acids is 2. The minimum atomic E-state index is -1.78. The molecular weight excluding hydrogens is 436 g/mol. The zero-order valence-corrected chi connectivity index (χ0v) is 19.0. The molecule has 0 saturated carbocycles. The molecule has 178 valence electrons. The second kappa shape index (κ2) is 9.69. The van der Waals surface area contributed by atoms with Gasteiger partial charge in [0.2, 0.25) is 5.91 Å². The lowest BCUT2D eigenvalue weighted by Gasteiger charge is -2.35. The summed E-state index contributed by atoms with van der Waals surface area (Å²) in [6.45, 7) is 2.29. The lowest BCUT2D eigenvalue weighted by atomic mass is 9.91. The molecule has 1 heterocycles. The van der Waals surface area contributed by atoms with Crippen LogP contribution in [0, 0.1) is 0 Å². The van der Waals surface area contributed by atoms with Crippen LogP contribution in [0.15, 0.2) is 60.2 Å². The Balaban J connectivity index is 1.27. The number of hydrogen-bond donors (Lipinski definition) is 3. The number of carbonyl (C=O) groups is 3. The number of aliphatic carboxylic acids is 1. The molecule has 34 heavy (non-hydrogen) atoms. The van der Waals surface area contributed by atoms with Crippen LogP contribution in [0.2, 0.25) is 0 Å². The first-order valence-corrected chi connectivity index (χ1v) is 11.3. The fourth-order valence-corrected chi connectivity index (χ4v) is 4.57. The second-order valence-electron chi connectivity index (χ2n) is 8.72. The number of carboxylic acids is 1.